The van der Waals surface area contributed by atoms with E-state index < -0.39 is 29.7 Å². The minimum atomic E-state index is -0.842. The number of carbonyl (C=O) groups is 2. The number of aliphatic hydroxyl groups excluding tert-OH is 1. The number of pyridine rings is 1. The van der Waals surface area contributed by atoms with E-state index in [2.05, 4.69) is 10.3 Å². The van der Waals surface area contributed by atoms with Crippen LogP contribution >= 0.6 is 0 Å². The van der Waals surface area contributed by atoms with E-state index in [0.717, 1.165) is 17.7 Å². The highest BCUT2D eigenvalue weighted by molar-refractivity contribution is 6.04. The number of anilines is 1. The number of nitrogens with one attached hydrogen (secondary N) is 1. The van der Waals surface area contributed by atoms with E-state index in [1.54, 1.807) is 53.7 Å². The maximum absolute atomic E-state index is 13.4. The van der Waals surface area contributed by atoms with Gasteiger partial charge in [0.25, 0.3) is 5.91 Å². The molecule has 4 rings (SSSR count). The first kappa shape index (κ1) is 22.5. The van der Waals surface area contributed by atoms with Crippen molar-refractivity contribution in [1.82, 2.24) is 9.88 Å². The molecule has 33 heavy (non-hydrogen) atoms. The van der Waals surface area contributed by atoms with Crippen molar-refractivity contribution in [2.75, 3.05) is 18.5 Å². The molecule has 9 heteroatoms. The fourth-order valence-corrected chi connectivity index (χ4v) is 3.75. The average molecular weight is 453 g/mol. The fraction of sp³-hybridized carbons (Fsp3) is 0.208. The largest absolute Gasteiger partial charge is 0.394 e. The van der Waals surface area contributed by atoms with Crippen LogP contribution in [0.5, 0.6) is 0 Å². The summed E-state index contributed by atoms with van der Waals surface area (Å²) in [6.07, 6.45) is 2.70. The number of amides is 2. The highest BCUT2D eigenvalue weighted by Crippen LogP contribution is 2.31. The molecule has 1 aromatic heterocycles. The van der Waals surface area contributed by atoms with Gasteiger partial charge < -0.3 is 20.1 Å². The molecule has 0 saturated carbocycles. The minimum absolute atomic E-state index is 0.129. The number of ether oxygens (including phenoxy) is 1. The molecule has 0 radical (unpaired) electrons. The van der Waals surface area contributed by atoms with Gasteiger partial charge >= 0.3 is 0 Å². The van der Waals surface area contributed by atoms with E-state index in [-0.39, 0.29) is 24.7 Å². The van der Waals surface area contributed by atoms with Gasteiger partial charge in [0.15, 0.2) is 0 Å². The second kappa shape index (κ2) is 9.85. The van der Waals surface area contributed by atoms with Crippen LogP contribution in [0.2, 0.25) is 0 Å². The Balaban J connectivity index is 1.49. The van der Waals surface area contributed by atoms with Crippen molar-refractivity contribution in [3.05, 3.63) is 95.3 Å². The maximum Gasteiger partial charge on any atom is 0.255 e. The van der Waals surface area contributed by atoms with Gasteiger partial charge in [-0.15, -0.1) is 0 Å². The molecule has 1 aliphatic rings. The lowest BCUT2D eigenvalue weighted by molar-refractivity contribution is -0.162. The second-order valence-electron chi connectivity index (χ2n) is 7.59. The van der Waals surface area contributed by atoms with Crippen LogP contribution in [-0.2, 0) is 16.1 Å². The zero-order chi connectivity index (χ0) is 23.4. The summed E-state index contributed by atoms with van der Waals surface area (Å²) in [4.78, 5) is 30.3. The van der Waals surface area contributed by atoms with Gasteiger partial charge in [0, 0.05) is 36.3 Å². The third kappa shape index (κ3) is 5.21. The van der Waals surface area contributed by atoms with Crippen molar-refractivity contribution >= 4 is 17.5 Å². The number of aromatic nitrogens is 1. The Morgan fingerprint density at radius 1 is 1.09 bits per heavy atom. The zero-order valence-electron chi connectivity index (χ0n) is 17.4. The predicted molar refractivity (Wildman–Crippen MR) is 115 cm³/mol. The molecule has 2 atom stereocenters. The van der Waals surface area contributed by atoms with Crippen LogP contribution in [0.1, 0.15) is 27.6 Å². The number of rotatable bonds is 6. The molecule has 2 heterocycles. The van der Waals surface area contributed by atoms with Crippen molar-refractivity contribution in [3.8, 4) is 0 Å². The Kier molecular flexibility index (Phi) is 6.71. The standard InChI is InChI=1S/C24H21F2N3O4/c25-18-9-17(10-19(26)11-18)24(32)28-20-3-1-16(2-4-20)23-21(13-30)29(22(31)14-33-23)12-15-5-7-27-8-6-15/h1-11,21,23,30H,12-14H2,(H,28,32)/t21-,23-/m1/s1. The second-order valence-corrected chi connectivity index (χ2v) is 7.59. The molecule has 0 spiro atoms. The number of benzene rings is 2. The Hall–Kier alpha value is -3.69. The molecule has 3 aromatic rings. The molecular formula is C24H21F2N3O4. The Bertz CT molecular complexity index is 1120. The third-order valence-electron chi connectivity index (χ3n) is 5.37. The summed E-state index contributed by atoms with van der Waals surface area (Å²) in [5.41, 5.74) is 1.85. The molecule has 1 saturated heterocycles. The zero-order valence-corrected chi connectivity index (χ0v) is 17.4. The van der Waals surface area contributed by atoms with Crippen molar-refractivity contribution in [1.29, 1.82) is 0 Å². The molecule has 0 unspecified atom stereocenters. The van der Waals surface area contributed by atoms with E-state index in [1.807, 2.05) is 0 Å². The molecule has 2 aromatic carbocycles. The molecule has 0 bridgehead atoms. The summed E-state index contributed by atoms with van der Waals surface area (Å²) >= 11 is 0. The molecule has 0 aliphatic carbocycles. The monoisotopic (exact) mass is 453 g/mol. The van der Waals surface area contributed by atoms with Crippen LogP contribution in [0.3, 0.4) is 0 Å². The first-order valence-corrected chi connectivity index (χ1v) is 10.2. The topological polar surface area (TPSA) is 91.8 Å². The number of nitrogens with zero attached hydrogens (tertiary/aromatic N) is 2. The van der Waals surface area contributed by atoms with E-state index in [9.17, 15) is 23.5 Å². The van der Waals surface area contributed by atoms with E-state index >= 15 is 0 Å². The van der Waals surface area contributed by atoms with Crippen LogP contribution in [0.25, 0.3) is 0 Å². The van der Waals surface area contributed by atoms with Gasteiger partial charge in [0.05, 0.1) is 12.6 Å². The van der Waals surface area contributed by atoms with Gasteiger partial charge in [-0.3, -0.25) is 14.6 Å². The van der Waals surface area contributed by atoms with Crippen molar-refractivity contribution in [3.63, 3.8) is 0 Å². The quantitative estimate of drug-likeness (QED) is 0.599. The molecule has 170 valence electrons. The summed E-state index contributed by atoms with van der Waals surface area (Å²) < 4.78 is 32.5. The summed E-state index contributed by atoms with van der Waals surface area (Å²) in [6.45, 7) is -0.119. The van der Waals surface area contributed by atoms with Crippen LogP contribution in [0.4, 0.5) is 14.5 Å². The van der Waals surface area contributed by atoms with E-state index in [1.165, 1.54) is 0 Å². The van der Waals surface area contributed by atoms with Gasteiger partial charge in [-0.25, -0.2) is 8.78 Å². The predicted octanol–water partition coefficient (Wildman–Crippen LogP) is 3.07. The number of halogens is 2. The number of hydrogen-bond donors (Lipinski definition) is 2. The third-order valence-corrected chi connectivity index (χ3v) is 5.37. The van der Waals surface area contributed by atoms with Crippen LogP contribution < -0.4 is 5.32 Å². The van der Waals surface area contributed by atoms with Gasteiger partial charge in [-0.2, -0.15) is 0 Å². The van der Waals surface area contributed by atoms with Crippen molar-refractivity contribution < 1.29 is 28.2 Å². The van der Waals surface area contributed by atoms with Gasteiger partial charge in [0.1, 0.15) is 24.3 Å². The van der Waals surface area contributed by atoms with Crippen LogP contribution in [0.15, 0.2) is 67.0 Å². The minimum Gasteiger partial charge on any atom is -0.394 e. The summed E-state index contributed by atoms with van der Waals surface area (Å²) in [5.74, 6) is -2.57. The highest BCUT2D eigenvalue weighted by Gasteiger charge is 2.37. The highest BCUT2D eigenvalue weighted by atomic mass is 19.1. The van der Waals surface area contributed by atoms with Gasteiger partial charge in [-0.05, 0) is 47.5 Å². The summed E-state index contributed by atoms with van der Waals surface area (Å²) in [7, 11) is 0. The normalized spacial score (nSPS) is 18.3. The number of carbonyl (C=O) groups excluding carboxylic acids is 2. The van der Waals surface area contributed by atoms with Gasteiger partial charge in [-0.1, -0.05) is 12.1 Å². The fourth-order valence-electron chi connectivity index (χ4n) is 3.75. The average Bonchev–Trinajstić information content (AvgIpc) is 2.81. The first-order valence-electron chi connectivity index (χ1n) is 10.2. The van der Waals surface area contributed by atoms with Crippen molar-refractivity contribution in [2.45, 2.75) is 18.7 Å². The molecular weight excluding hydrogens is 432 g/mol. The van der Waals surface area contributed by atoms with E-state index in [4.69, 9.17) is 4.74 Å². The lowest BCUT2D eigenvalue weighted by Crippen LogP contribution is -2.52. The lowest BCUT2D eigenvalue weighted by Gasteiger charge is -2.40. The Labute approximate surface area is 188 Å². The molecule has 1 fully saturated rings. The van der Waals surface area contributed by atoms with E-state index in [0.29, 0.717) is 23.9 Å². The van der Waals surface area contributed by atoms with Crippen LogP contribution in [-0.4, -0.2) is 46.1 Å². The Morgan fingerprint density at radius 3 is 2.39 bits per heavy atom. The molecule has 1 aliphatic heterocycles. The maximum atomic E-state index is 13.4. The molecule has 2 N–H and O–H groups in total. The first-order chi connectivity index (χ1) is 15.9. The summed E-state index contributed by atoms with van der Waals surface area (Å²) in [6, 6.07) is 12.2. The smallest absolute Gasteiger partial charge is 0.255 e. The van der Waals surface area contributed by atoms with Crippen molar-refractivity contribution in [2.24, 2.45) is 0 Å². The number of morpholine rings is 1. The SMILES string of the molecule is O=C(Nc1ccc([C@H]2OCC(=O)N(Cc3ccncc3)[C@@H]2CO)cc1)c1cc(F)cc(F)c1. The molecule has 7 nitrogen and oxygen atoms in total. The van der Waals surface area contributed by atoms with Gasteiger partial charge in [0.2, 0.25) is 5.91 Å². The summed E-state index contributed by atoms with van der Waals surface area (Å²) in [5, 5.41) is 12.6. The lowest BCUT2D eigenvalue weighted by atomic mass is 9.98. The number of aliphatic hydroxyl groups is 1. The van der Waals surface area contributed by atoms with Crippen LogP contribution in [0, 0.1) is 11.6 Å². The number of hydrogen-bond acceptors (Lipinski definition) is 5. The Morgan fingerprint density at radius 2 is 1.76 bits per heavy atom. The molecule has 2 amide bonds.